The standard InChI is InChI=1S/C7H10O3/c1-4-3-6(5(2)8)7(9)10-4/h4,6H,3H2,1-2H3/t4-,6+/m1/s1. The van der Waals surface area contributed by atoms with Crippen LogP contribution in [0.2, 0.25) is 0 Å². The Kier molecular flexibility index (Phi) is 1.74. The van der Waals surface area contributed by atoms with Crippen LogP contribution in [0.15, 0.2) is 0 Å². The van der Waals surface area contributed by atoms with Crippen LogP contribution in [0.1, 0.15) is 20.3 Å². The number of ketones is 1. The fraction of sp³-hybridized carbons (Fsp3) is 0.714. The molecule has 3 heteroatoms. The third-order valence-corrected chi connectivity index (χ3v) is 1.66. The van der Waals surface area contributed by atoms with Crippen LogP contribution in [0, 0.1) is 5.92 Å². The maximum atomic E-state index is 10.8. The molecule has 3 nitrogen and oxygen atoms in total. The van der Waals surface area contributed by atoms with Gasteiger partial charge in [-0.15, -0.1) is 0 Å². The molecule has 0 spiro atoms. The number of hydrogen-bond acceptors (Lipinski definition) is 3. The van der Waals surface area contributed by atoms with Crippen LogP contribution in [0.25, 0.3) is 0 Å². The molecule has 0 radical (unpaired) electrons. The van der Waals surface area contributed by atoms with Crippen molar-refractivity contribution in [2.24, 2.45) is 5.92 Å². The molecule has 0 aromatic carbocycles. The van der Waals surface area contributed by atoms with Gasteiger partial charge in [0, 0.05) is 6.42 Å². The number of ether oxygens (including phenoxy) is 1. The normalized spacial score (nSPS) is 32.0. The third-order valence-electron chi connectivity index (χ3n) is 1.66. The minimum atomic E-state index is -0.491. The molecule has 1 heterocycles. The lowest BCUT2D eigenvalue weighted by atomic mass is 10.0. The molecule has 2 atom stereocenters. The van der Waals surface area contributed by atoms with E-state index in [2.05, 4.69) is 0 Å². The van der Waals surface area contributed by atoms with E-state index in [-0.39, 0.29) is 17.9 Å². The maximum absolute atomic E-state index is 10.8. The van der Waals surface area contributed by atoms with Crippen molar-refractivity contribution in [2.45, 2.75) is 26.4 Å². The summed E-state index contributed by atoms with van der Waals surface area (Å²) in [6.07, 6.45) is 0.468. The molecule has 0 N–H and O–H groups in total. The molecule has 1 saturated heterocycles. The highest BCUT2D eigenvalue weighted by Crippen LogP contribution is 2.20. The summed E-state index contributed by atoms with van der Waals surface area (Å²) in [4.78, 5) is 21.5. The van der Waals surface area contributed by atoms with Crippen molar-refractivity contribution >= 4 is 11.8 Å². The van der Waals surface area contributed by atoms with Crippen molar-refractivity contribution in [3.8, 4) is 0 Å². The highest BCUT2D eigenvalue weighted by atomic mass is 16.5. The van der Waals surface area contributed by atoms with E-state index in [4.69, 9.17) is 4.74 Å². The molecular weight excluding hydrogens is 132 g/mol. The second-order valence-electron chi connectivity index (χ2n) is 2.65. The largest absolute Gasteiger partial charge is 0.462 e. The molecular formula is C7H10O3. The highest BCUT2D eigenvalue weighted by molar-refractivity contribution is 5.98. The zero-order chi connectivity index (χ0) is 7.72. The van der Waals surface area contributed by atoms with Gasteiger partial charge in [-0.1, -0.05) is 0 Å². The second kappa shape index (κ2) is 2.40. The first kappa shape index (κ1) is 7.25. The van der Waals surface area contributed by atoms with Crippen LogP contribution in [-0.4, -0.2) is 17.9 Å². The molecule has 0 aliphatic carbocycles. The number of carbonyl (C=O) groups excluding carboxylic acids is 2. The number of esters is 1. The lowest BCUT2D eigenvalue weighted by Crippen LogP contribution is -2.15. The number of Topliss-reactive ketones (excluding diaryl/α,β-unsaturated/α-hetero) is 1. The Morgan fingerprint density at radius 3 is 2.50 bits per heavy atom. The number of hydrogen-bond donors (Lipinski definition) is 0. The van der Waals surface area contributed by atoms with Crippen LogP contribution >= 0.6 is 0 Å². The van der Waals surface area contributed by atoms with Gasteiger partial charge in [0.25, 0.3) is 0 Å². The van der Waals surface area contributed by atoms with Gasteiger partial charge in [-0.3, -0.25) is 9.59 Å². The van der Waals surface area contributed by atoms with Crippen LogP contribution in [0.3, 0.4) is 0 Å². The topological polar surface area (TPSA) is 43.4 Å². The van der Waals surface area contributed by atoms with Gasteiger partial charge in [-0.2, -0.15) is 0 Å². The Hall–Kier alpha value is -0.860. The summed E-state index contributed by atoms with van der Waals surface area (Å²) in [7, 11) is 0. The minimum absolute atomic E-state index is 0.0820. The molecule has 1 aliphatic rings. The first-order chi connectivity index (χ1) is 4.61. The summed E-state index contributed by atoms with van der Waals surface area (Å²) >= 11 is 0. The summed E-state index contributed by atoms with van der Waals surface area (Å²) in [6, 6.07) is 0. The Balaban J connectivity index is 2.63. The van der Waals surface area contributed by atoms with E-state index >= 15 is 0 Å². The van der Waals surface area contributed by atoms with E-state index in [1.807, 2.05) is 0 Å². The first-order valence-electron chi connectivity index (χ1n) is 3.32. The van der Waals surface area contributed by atoms with E-state index in [0.717, 1.165) is 0 Å². The lowest BCUT2D eigenvalue weighted by molar-refractivity contribution is -0.146. The average Bonchev–Trinajstić information content (AvgIpc) is 2.10. The summed E-state index contributed by atoms with van der Waals surface area (Å²) < 4.78 is 4.78. The Labute approximate surface area is 59.4 Å². The zero-order valence-electron chi connectivity index (χ0n) is 6.09. The predicted octanol–water partition coefficient (Wildman–Crippen LogP) is 0.527. The third kappa shape index (κ3) is 1.17. The molecule has 0 bridgehead atoms. The number of rotatable bonds is 1. The summed E-state index contributed by atoms with van der Waals surface area (Å²) in [5, 5.41) is 0. The molecule has 1 fully saturated rings. The SMILES string of the molecule is CC(=O)[C@@H]1C[C@@H](C)OC1=O. The van der Waals surface area contributed by atoms with Crippen molar-refractivity contribution < 1.29 is 14.3 Å². The van der Waals surface area contributed by atoms with E-state index in [9.17, 15) is 9.59 Å². The predicted molar refractivity (Wildman–Crippen MR) is 34.3 cm³/mol. The molecule has 0 aromatic heterocycles. The molecule has 0 amide bonds. The Morgan fingerprint density at radius 1 is 1.70 bits per heavy atom. The van der Waals surface area contributed by atoms with Gasteiger partial charge < -0.3 is 4.74 Å². The van der Waals surface area contributed by atoms with Gasteiger partial charge in [0.2, 0.25) is 0 Å². The summed E-state index contributed by atoms with van der Waals surface area (Å²) in [6.45, 7) is 3.21. The van der Waals surface area contributed by atoms with E-state index in [1.54, 1.807) is 6.92 Å². The molecule has 0 aromatic rings. The zero-order valence-corrected chi connectivity index (χ0v) is 6.09. The molecule has 0 saturated carbocycles. The number of carbonyl (C=O) groups is 2. The van der Waals surface area contributed by atoms with Crippen molar-refractivity contribution in [1.29, 1.82) is 0 Å². The molecule has 56 valence electrons. The average molecular weight is 142 g/mol. The van der Waals surface area contributed by atoms with Gasteiger partial charge in [0.15, 0.2) is 0 Å². The van der Waals surface area contributed by atoms with E-state index < -0.39 is 5.92 Å². The van der Waals surface area contributed by atoms with Crippen LogP contribution in [0.4, 0.5) is 0 Å². The lowest BCUT2D eigenvalue weighted by Gasteiger charge is -1.95. The van der Waals surface area contributed by atoms with Gasteiger partial charge in [-0.25, -0.2) is 0 Å². The Morgan fingerprint density at radius 2 is 2.30 bits per heavy atom. The molecule has 1 rings (SSSR count). The monoisotopic (exact) mass is 142 g/mol. The van der Waals surface area contributed by atoms with Crippen LogP contribution in [0.5, 0.6) is 0 Å². The minimum Gasteiger partial charge on any atom is -0.462 e. The van der Waals surface area contributed by atoms with Crippen LogP contribution < -0.4 is 0 Å². The summed E-state index contributed by atoms with van der Waals surface area (Å²) in [5.74, 6) is -0.940. The van der Waals surface area contributed by atoms with Crippen molar-refractivity contribution in [2.75, 3.05) is 0 Å². The van der Waals surface area contributed by atoms with Gasteiger partial charge in [0.1, 0.15) is 17.8 Å². The van der Waals surface area contributed by atoms with E-state index in [0.29, 0.717) is 6.42 Å². The maximum Gasteiger partial charge on any atom is 0.316 e. The van der Waals surface area contributed by atoms with Crippen molar-refractivity contribution in [3.63, 3.8) is 0 Å². The van der Waals surface area contributed by atoms with Gasteiger partial charge in [0.05, 0.1) is 0 Å². The molecule has 10 heavy (non-hydrogen) atoms. The van der Waals surface area contributed by atoms with Crippen molar-refractivity contribution in [1.82, 2.24) is 0 Å². The van der Waals surface area contributed by atoms with Crippen molar-refractivity contribution in [3.05, 3.63) is 0 Å². The van der Waals surface area contributed by atoms with Gasteiger partial charge >= 0.3 is 5.97 Å². The van der Waals surface area contributed by atoms with Crippen LogP contribution in [-0.2, 0) is 14.3 Å². The highest BCUT2D eigenvalue weighted by Gasteiger charge is 2.34. The fourth-order valence-electron chi connectivity index (χ4n) is 1.09. The van der Waals surface area contributed by atoms with E-state index in [1.165, 1.54) is 6.92 Å². The molecule has 0 unspecified atom stereocenters. The number of cyclic esters (lactones) is 1. The fourth-order valence-corrected chi connectivity index (χ4v) is 1.09. The van der Waals surface area contributed by atoms with Gasteiger partial charge in [-0.05, 0) is 13.8 Å². The molecule has 1 aliphatic heterocycles. The quantitative estimate of drug-likeness (QED) is 0.396. The summed E-state index contributed by atoms with van der Waals surface area (Å²) in [5.41, 5.74) is 0. The second-order valence-corrected chi connectivity index (χ2v) is 2.65. The Bertz CT molecular complexity index is 174. The smallest absolute Gasteiger partial charge is 0.316 e. The first-order valence-corrected chi connectivity index (χ1v) is 3.32.